The third-order valence-corrected chi connectivity index (χ3v) is 3.63. The molecule has 0 amide bonds. The molecule has 0 aromatic heterocycles. The van der Waals surface area contributed by atoms with E-state index in [1.165, 1.54) is 24.6 Å². The van der Waals surface area contributed by atoms with E-state index in [1.807, 2.05) is 0 Å². The lowest BCUT2D eigenvalue weighted by Crippen LogP contribution is -2.21. The maximum absolute atomic E-state index is 12.9. The first-order valence-electron chi connectivity index (χ1n) is 5.83. The predicted octanol–water partition coefficient (Wildman–Crippen LogP) is 4.08. The average molecular weight is 301 g/mol. The fraction of sp³-hybridized carbons (Fsp3) is 0.462. The molecule has 0 N–H and O–H groups in total. The summed E-state index contributed by atoms with van der Waals surface area (Å²) in [6.45, 7) is 0. The van der Waals surface area contributed by atoms with E-state index < -0.39 is 0 Å². The van der Waals surface area contributed by atoms with E-state index in [0.717, 1.165) is 25.7 Å². The van der Waals surface area contributed by atoms with Gasteiger partial charge >= 0.3 is 5.97 Å². The molecular weight excluding hydrogens is 287 g/mol. The Morgan fingerprint density at radius 2 is 2.00 bits per heavy atom. The normalized spacial score (nSPS) is 16.8. The summed E-state index contributed by atoms with van der Waals surface area (Å²) < 4.78 is 18.7. The van der Waals surface area contributed by atoms with Crippen molar-refractivity contribution in [1.29, 1.82) is 0 Å². The summed E-state index contributed by atoms with van der Waals surface area (Å²) in [6.07, 6.45) is 5.34. The molecule has 1 saturated carbocycles. The minimum absolute atomic E-state index is 0.0215. The van der Waals surface area contributed by atoms with E-state index in [2.05, 4.69) is 15.9 Å². The summed E-state index contributed by atoms with van der Waals surface area (Å²) in [5, 5.41) is 0. The lowest BCUT2D eigenvalue weighted by Gasteiger charge is -2.22. The molecule has 2 rings (SSSR count). The summed E-state index contributed by atoms with van der Waals surface area (Å²) in [5.74, 6) is -0.741. The highest BCUT2D eigenvalue weighted by Gasteiger charge is 2.20. The molecule has 0 radical (unpaired) electrons. The van der Waals surface area contributed by atoms with E-state index in [0.29, 0.717) is 10.0 Å². The molecule has 1 aromatic carbocycles. The van der Waals surface area contributed by atoms with E-state index in [-0.39, 0.29) is 17.9 Å². The highest BCUT2D eigenvalue weighted by Crippen LogP contribution is 2.24. The Bertz CT molecular complexity index is 414. The Hall–Kier alpha value is -0.900. The molecule has 0 aliphatic heterocycles. The third-order valence-electron chi connectivity index (χ3n) is 2.98. The van der Waals surface area contributed by atoms with E-state index in [9.17, 15) is 9.18 Å². The molecule has 1 aliphatic carbocycles. The van der Waals surface area contributed by atoms with Crippen LogP contribution < -0.4 is 0 Å². The van der Waals surface area contributed by atoms with E-state index >= 15 is 0 Å². The first-order valence-corrected chi connectivity index (χ1v) is 6.62. The van der Waals surface area contributed by atoms with Crippen molar-refractivity contribution < 1.29 is 13.9 Å². The van der Waals surface area contributed by atoms with E-state index in [1.54, 1.807) is 0 Å². The molecule has 1 aliphatic rings. The molecule has 2 nitrogen and oxygen atoms in total. The van der Waals surface area contributed by atoms with Crippen molar-refractivity contribution >= 4 is 21.9 Å². The maximum atomic E-state index is 12.9. The number of halogens is 2. The zero-order chi connectivity index (χ0) is 12.3. The summed E-state index contributed by atoms with van der Waals surface area (Å²) in [6, 6.07) is 3.99. The van der Waals surface area contributed by atoms with Crippen LogP contribution in [0.3, 0.4) is 0 Å². The second-order valence-corrected chi connectivity index (χ2v) is 5.14. The van der Waals surface area contributed by atoms with Crippen molar-refractivity contribution in [2.24, 2.45) is 0 Å². The van der Waals surface area contributed by atoms with Crippen LogP contribution in [-0.4, -0.2) is 12.1 Å². The van der Waals surface area contributed by atoms with Crippen molar-refractivity contribution in [2.45, 2.75) is 38.2 Å². The highest BCUT2D eigenvalue weighted by atomic mass is 79.9. The fourth-order valence-electron chi connectivity index (χ4n) is 2.05. The smallest absolute Gasteiger partial charge is 0.339 e. The van der Waals surface area contributed by atoms with Crippen LogP contribution in [0.4, 0.5) is 4.39 Å². The van der Waals surface area contributed by atoms with Crippen molar-refractivity contribution in [2.75, 3.05) is 0 Å². The molecule has 0 unspecified atom stereocenters. The van der Waals surface area contributed by atoms with Gasteiger partial charge in [0.25, 0.3) is 0 Å². The Morgan fingerprint density at radius 1 is 1.29 bits per heavy atom. The quantitative estimate of drug-likeness (QED) is 0.769. The molecule has 0 saturated heterocycles. The molecule has 0 spiro atoms. The Morgan fingerprint density at radius 3 is 2.65 bits per heavy atom. The van der Waals surface area contributed by atoms with Crippen molar-refractivity contribution in [3.05, 3.63) is 34.1 Å². The number of hydrogen-bond donors (Lipinski definition) is 0. The van der Waals surface area contributed by atoms with Crippen LogP contribution >= 0.6 is 15.9 Å². The Labute approximate surface area is 108 Å². The highest BCUT2D eigenvalue weighted by molar-refractivity contribution is 9.10. The number of esters is 1. The second kappa shape index (κ2) is 5.63. The first-order chi connectivity index (χ1) is 8.16. The molecule has 1 fully saturated rings. The number of carbonyl (C=O) groups is 1. The molecule has 92 valence electrons. The Balaban J connectivity index is 2.03. The molecule has 4 heteroatoms. The topological polar surface area (TPSA) is 26.3 Å². The van der Waals surface area contributed by atoms with Gasteiger partial charge < -0.3 is 4.74 Å². The SMILES string of the molecule is O=C(OC1CCCCC1)c1ccc(F)cc1Br. The predicted molar refractivity (Wildman–Crippen MR) is 66.4 cm³/mol. The summed E-state index contributed by atoms with van der Waals surface area (Å²) in [5.41, 5.74) is 0.386. The van der Waals surface area contributed by atoms with Gasteiger partial charge in [0, 0.05) is 4.47 Å². The molecule has 17 heavy (non-hydrogen) atoms. The van der Waals surface area contributed by atoms with Crippen LogP contribution in [0.25, 0.3) is 0 Å². The van der Waals surface area contributed by atoms with Gasteiger partial charge in [-0.05, 0) is 59.8 Å². The number of hydrogen-bond acceptors (Lipinski definition) is 2. The van der Waals surface area contributed by atoms with Gasteiger partial charge in [-0.2, -0.15) is 0 Å². The van der Waals surface area contributed by atoms with Crippen LogP contribution in [0, 0.1) is 5.82 Å². The van der Waals surface area contributed by atoms with Crippen LogP contribution in [-0.2, 0) is 4.74 Å². The average Bonchev–Trinajstić information content (AvgIpc) is 2.30. The largest absolute Gasteiger partial charge is 0.459 e. The van der Waals surface area contributed by atoms with Crippen LogP contribution in [0.2, 0.25) is 0 Å². The molecule has 1 aromatic rings. The maximum Gasteiger partial charge on any atom is 0.339 e. The fourth-order valence-corrected chi connectivity index (χ4v) is 2.57. The van der Waals surface area contributed by atoms with Crippen molar-refractivity contribution in [1.82, 2.24) is 0 Å². The van der Waals surface area contributed by atoms with Crippen molar-refractivity contribution in [3.63, 3.8) is 0 Å². The van der Waals surface area contributed by atoms with Gasteiger partial charge in [-0.25, -0.2) is 9.18 Å². The standard InChI is InChI=1S/C13H14BrFO2/c14-12-8-9(15)6-7-11(12)13(16)17-10-4-2-1-3-5-10/h6-8,10H,1-5H2. The van der Waals surface area contributed by atoms with Gasteiger partial charge in [-0.3, -0.25) is 0 Å². The second-order valence-electron chi connectivity index (χ2n) is 4.29. The van der Waals surface area contributed by atoms with Crippen molar-refractivity contribution in [3.8, 4) is 0 Å². The molecular formula is C13H14BrFO2. The zero-order valence-electron chi connectivity index (χ0n) is 9.42. The molecule has 0 heterocycles. The number of carbonyl (C=O) groups excluding carboxylic acids is 1. The van der Waals surface area contributed by atoms with Crippen LogP contribution in [0.15, 0.2) is 22.7 Å². The first kappa shape index (κ1) is 12.6. The Kier molecular flexibility index (Phi) is 4.15. The number of ether oxygens (including phenoxy) is 1. The lowest BCUT2D eigenvalue weighted by atomic mass is 9.98. The van der Waals surface area contributed by atoms with Gasteiger partial charge in [0.1, 0.15) is 11.9 Å². The third kappa shape index (κ3) is 3.28. The summed E-state index contributed by atoms with van der Waals surface area (Å²) >= 11 is 3.17. The van der Waals surface area contributed by atoms with Gasteiger partial charge in [0.05, 0.1) is 5.56 Å². The van der Waals surface area contributed by atoms with Gasteiger partial charge in [0.15, 0.2) is 0 Å². The van der Waals surface area contributed by atoms with Gasteiger partial charge in [-0.1, -0.05) is 6.42 Å². The number of benzene rings is 1. The lowest BCUT2D eigenvalue weighted by molar-refractivity contribution is 0.0210. The molecule has 0 atom stereocenters. The minimum Gasteiger partial charge on any atom is -0.459 e. The van der Waals surface area contributed by atoms with Gasteiger partial charge in [0.2, 0.25) is 0 Å². The number of rotatable bonds is 2. The summed E-state index contributed by atoms with van der Waals surface area (Å²) in [7, 11) is 0. The summed E-state index contributed by atoms with van der Waals surface area (Å²) in [4.78, 5) is 11.9. The van der Waals surface area contributed by atoms with Crippen LogP contribution in [0.5, 0.6) is 0 Å². The van der Waals surface area contributed by atoms with E-state index in [4.69, 9.17) is 4.74 Å². The zero-order valence-corrected chi connectivity index (χ0v) is 11.0. The van der Waals surface area contributed by atoms with Crippen LogP contribution in [0.1, 0.15) is 42.5 Å². The monoisotopic (exact) mass is 300 g/mol. The van der Waals surface area contributed by atoms with Gasteiger partial charge in [-0.15, -0.1) is 0 Å². The molecule has 0 bridgehead atoms. The minimum atomic E-state index is -0.372.